The number of hydrogen-bond donors (Lipinski definition) is 0. The molecule has 0 spiro atoms. The zero-order valence-corrected chi connectivity index (χ0v) is 17.6. The fourth-order valence-corrected chi connectivity index (χ4v) is 3.05. The summed E-state index contributed by atoms with van der Waals surface area (Å²) in [6.07, 6.45) is 1.27. The van der Waals surface area contributed by atoms with Gasteiger partial charge in [-0.25, -0.2) is 8.42 Å². The summed E-state index contributed by atoms with van der Waals surface area (Å²) >= 11 is 0. The van der Waals surface area contributed by atoms with Gasteiger partial charge in [0, 0.05) is 12.8 Å². The van der Waals surface area contributed by atoms with Crippen molar-refractivity contribution in [1.29, 1.82) is 0 Å². The monoisotopic (exact) mass is 400 g/mol. The molecule has 0 radical (unpaired) electrons. The van der Waals surface area contributed by atoms with E-state index in [0.717, 1.165) is 11.1 Å². The molecule has 0 unspecified atom stereocenters. The third kappa shape index (κ3) is 6.82. The van der Waals surface area contributed by atoms with Crippen LogP contribution < -0.4 is 38.5 Å². The molecule has 1 fully saturated rings. The minimum absolute atomic E-state index is 0. The number of cyclic esters (lactones) is 1. The molecule has 1 aliphatic rings. The van der Waals surface area contributed by atoms with Gasteiger partial charge in [-0.3, -0.25) is 4.79 Å². The largest absolute Gasteiger partial charge is 1.00 e. The van der Waals surface area contributed by atoms with Gasteiger partial charge in [-0.05, 0) is 29.7 Å². The number of benzene rings is 2. The van der Waals surface area contributed by atoms with Crippen molar-refractivity contribution < 1.29 is 61.0 Å². The van der Waals surface area contributed by atoms with Crippen molar-refractivity contribution in [1.82, 2.24) is 0 Å². The molecule has 0 amide bonds. The second-order valence-electron chi connectivity index (χ2n) is 5.90. The van der Waals surface area contributed by atoms with Gasteiger partial charge < -0.3 is 18.2 Å². The molecule has 1 atom stereocenters. The Kier molecular flexibility index (Phi) is 7.69. The summed E-state index contributed by atoms with van der Waals surface area (Å²) in [5.74, 6) is -0.272. The van der Waals surface area contributed by atoms with Crippen molar-refractivity contribution >= 4 is 16.4 Å². The average molecular weight is 400 g/mol. The topological polar surface area (TPSA) is 102 Å². The Hall–Kier alpha value is -1.58. The van der Waals surface area contributed by atoms with Gasteiger partial charge in [0.1, 0.15) is 12.7 Å². The predicted octanol–water partition coefficient (Wildman–Crippen LogP) is -0.643. The molecule has 9 heteroatoms. The normalized spacial score (nSPS) is 16.3. The van der Waals surface area contributed by atoms with Crippen LogP contribution in [0.5, 0.6) is 11.5 Å². The third-order valence-electron chi connectivity index (χ3n) is 3.87. The quantitative estimate of drug-likeness (QED) is 0.264. The van der Waals surface area contributed by atoms with Crippen molar-refractivity contribution in [3.05, 3.63) is 59.7 Å². The summed E-state index contributed by atoms with van der Waals surface area (Å²) in [6.45, 7) is 0.179. The van der Waals surface area contributed by atoms with Gasteiger partial charge in [0.25, 0.3) is 10.4 Å². The van der Waals surface area contributed by atoms with Crippen molar-refractivity contribution in [3.8, 4) is 11.5 Å². The molecular formula is C18H17NaO7S. The molecule has 2 aromatic rings. The van der Waals surface area contributed by atoms with Crippen LogP contribution in [0.4, 0.5) is 0 Å². The predicted molar refractivity (Wildman–Crippen MR) is 90.4 cm³/mol. The Morgan fingerprint density at radius 3 is 2.44 bits per heavy atom. The molecule has 0 saturated carbocycles. The minimum atomic E-state index is -4.92. The Morgan fingerprint density at radius 2 is 1.81 bits per heavy atom. The van der Waals surface area contributed by atoms with Gasteiger partial charge in [0.2, 0.25) is 0 Å². The third-order valence-corrected chi connectivity index (χ3v) is 4.25. The molecule has 138 valence electrons. The molecule has 2 aromatic carbocycles. The van der Waals surface area contributed by atoms with Gasteiger partial charge in [0.15, 0.2) is 11.5 Å². The Balaban J connectivity index is 0.00000261. The molecule has 27 heavy (non-hydrogen) atoms. The minimum Gasteiger partial charge on any atom is -0.716 e. The van der Waals surface area contributed by atoms with E-state index in [0.29, 0.717) is 19.3 Å². The number of carbonyl (C=O) groups is 1. The van der Waals surface area contributed by atoms with E-state index in [9.17, 15) is 17.8 Å². The molecule has 0 bridgehead atoms. The molecule has 7 nitrogen and oxygen atoms in total. The van der Waals surface area contributed by atoms with E-state index in [4.69, 9.17) is 9.47 Å². The van der Waals surface area contributed by atoms with E-state index in [-0.39, 0.29) is 59.7 Å². The van der Waals surface area contributed by atoms with Gasteiger partial charge in [-0.2, -0.15) is 0 Å². The van der Waals surface area contributed by atoms with Crippen molar-refractivity contribution in [2.45, 2.75) is 32.0 Å². The Bertz CT molecular complexity index is 884. The zero-order chi connectivity index (χ0) is 18.6. The maximum atomic E-state index is 11.2. The fourth-order valence-electron chi connectivity index (χ4n) is 2.70. The standard InChI is InChI=1S/C18H18O7S.Na/c19-18-9-7-15(24-18)10-14-6-8-16(25-26(20,21)22)17(11-14)23-12-13-4-2-1-3-5-13;/h1-6,8,11,15H,7,9-10,12H2,(H,20,21,22);/q;+1/p-1/t15-;/m1./s1. The summed E-state index contributed by atoms with van der Waals surface area (Å²) in [5, 5.41) is 0. The summed E-state index contributed by atoms with van der Waals surface area (Å²) < 4.78 is 48.1. The maximum absolute atomic E-state index is 11.2. The van der Waals surface area contributed by atoms with Gasteiger partial charge in [-0.1, -0.05) is 36.4 Å². The Morgan fingerprint density at radius 1 is 1.07 bits per heavy atom. The molecule has 3 rings (SSSR count). The van der Waals surface area contributed by atoms with E-state index in [1.807, 2.05) is 30.3 Å². The van der Waals surface area contributed by atoms with Gasteiger partial charge >= 0.3 is 35.5 Å². The van der Waals surface area contributed by atoms with Crippen molar-refractivity contribution in [3.63, 3.8) is 0 Å². The van der Waals surface area contributed by atoms with Crippen LogP contribution in [0.1, 0.15) is 24.0 Å². The van der Waals surface area contributed by atoms with Crippen LogP contribution in [0.15, 0.2) is 48.5 Å². The Labute approximate surface area is 179 Å². The molecule has 1 heterocycles. The molecule has 1 saturated heterocycles. The first-order valence-electron chi connectivity index (χ1n) is 8.03. The second-order valence-corrected chi connectivity index (χ2v) is 6.88. The number of carbonyl (C=O) groups excluding carboxylic acids is 1. The first kappa shape index (κ1) is 21.7. The maximum Gasteiger partial charge on any atom is 1.00 e. The van der Waals surface area contributed by atoms with Gasteiger partial charge in [0.05, 0.1) is 0 Å². The van der Waals surface area contributed by atoms with Crippen LogP contribution in [-0.2, 0) is 33.0 Å². The van der Waals surface area contributed by atoms with E-state index >= 15 is 0 Å². The van der Waals surface area contributed by atoms with E-state index in [2.05, 4.69) is 4.18 Å². The fraction of sp³-hybridized carbons (Fsp3) is 0.278. The van der Waals surface area contributed by atoms with Crippen molar-refractivity contribution in [2.75, 3.05) is 0 Å². The molecular weight excluding hydrogens is 383 g/mol. The summed E-state index contributed by atoms with van der Waals surface area (Å²) in [4.78, 5) is 11.2. The van der Waals surface area contributed by atoms with Crippen LogP contribution in [0.2, 0.25) is 0 Å². The average Bonchev–Trinajstić information content (AvgIpc) is 2.99. The number of esters is 1. The SMILES string of the molecule is O=C1CC[C@H](Cc2ccc(OS(=O)(=O)[O-])c(OCc3ccccc3)c2)O1.[Na+]. The van der Waals surface area contributed by atoms with Crippen LogP contribution >= 0.6 is 0 Å². The number of ether oxygens (including phenoxy) is 2. The molecule has 0 aliphatic carbocycles. The van der Waals surface area contributed by atoms with Gasteiger partial charge in [-0.15, -0.1) is 0 Å². The zero-order valence-electron chi connectivity index (χ0n) is 14.8. The first-order valence-corrected chi connectivity index (χ1v) is 9.37. The van der Waals surface area contributed by atoms with E-state index in [1.54, 1.807) is 12.1 Å². The molecule has 0 N–H and O–H groups in total. The summed E-state index contributed by atoms with van der Waals surface area (Å²) in [5.41, 5.74) is 1.65. The van der Waals surface area contributed by atoms with Crippen LogP contribution in [0, 0.1) is 0 Å². The molecule has 1 aliphatic heterocycles. The number of rotatable bonds is 7. The second kappa shape index (κ2) is 9.57. The summed E-state index contributed by atoms with van der Waals surface area (Å²) in [6, 6.07) is 13.8. The smallest absolute Gasteiger partial charge is 0.716 e. The number of hydrogen-bond acceptors (Lipinski definition) is 7. The molecule has 0 aromatic heterocycles. The van der Waals surface area contributed by atoms with E-state index < -0.39 is 10.4 Å². The summed E-state index contributed by atoms with van der Waals surface area (Å²) in [7, 11) is -4.92. The van der Waals surface area contributed by atoms with E-state index in [1.165, 1.54) is 6.07 Å². The van der Waals surface area contributed by atoms with Crippen LogP contribution in [-0.4, -0.2) is 25.0 Å². The van der Waals surface area contributed by atoms with Crippen molar-refractivity contribution in [2.24, 2.45) is 0 Å². The first-order chi connectivity index (χ1) is 12.4. The van der Waals surface area contributed by atoms with Crippen LogP contribution in [0.3, 0.4) is 0 Å². The van der Waals surface area contributed by atoms with Crippen LogP contribution in [0.25, 0.3) is 0 Å².